The topological polar surface area (TPSA) is 29.1 Å². The molecule has 1 amide bonds. The molecule has 17 heavy (non-hydrogen) atoms. The summed E-state index contributed by atoms with van der Waals surface area (Å²) in [5, 5.41) is 3.10. The van der Waals surface area contributed by atoms with Gasteiger partial charge in [0.05, 0.1) is 6.42 Å². The molecule has 0 aromatic heterocycles. The molecule has 0 aliphatic heterocycles. The van der Waals surface area contributed by atoms with Crippen molar-refractivity contribution in [3.8, 4) is 0 Å². The van der Waals surface area contributed by atoms with Gasteiger partial charge in [-0.15, -0.1) is 0 Å². The maximum absolute atomic E-state index is 11.9. The van der Waals surface area contributed by atoms with E-state index in [1.807, 2.05) is 31.2 Å². The Labute approximate surface area is 117 Å². The Kier molecular flexibility index (Phi) is 5.95. The molecule has 1 rings (SSSR count). The summed E-state index contributed by atoms with van der Waals surface area (Å²) in [6, 6.07) is 8.31. The van der Waals surface area contributed by atoms with Gasteiger partial charge in [-0.25, -0.2) is 0 Å². The molecule has 94 valence electrons. The highest BCUT2D eigenvalue weighted by Crippen LogP contribution is 2.09. The Morgan fingerprint density at radius 1 is 1.35 bits per heavy atom. The number of nitrogens with one attached hydrogen (secondary N) is 1. The van der Waals surface area contributed by atoms with Crippen LogP contribution >= 0.6 is 22.6 Å². The quantitative estimate of drug-likeness (QED) is 0.645. The summed E-state index contributed by atoms with van der Waals surface area (Å²) in [4.78, 5) is 11.9. The molecular formula is C14H20INO. The molecular weight excluding hydrogens is 325 g/mol. The molecule has 2 nitrogen and oxygen atoms in total. The van der Waals surface area contributed by atoms with Crippen LogP contribution in [0.15, 0.2) is 24.3 Å². The number of hydrogen-bond acceptors (Lipinski definition) is 1. The molecule has 1 atom stereocenters. The molecule has 0 heterocycles. The maximum Gasteiger partial charge on any atom is 0.224 e. The van der Waals surface area contributed by atoms with Crippen molar-refractivity contribution in [2.75, 3.05) is 4.43 Å². The van der Waals surface area contributed by atoms with E-state index in [2.05, 4.69) is 41.8 Å². The molecule has 0 spiro atoms. The molecule has 1 N–H and O–H groups in total. The molecule has 1 unspecified atom stereocenters. The number of amides is 1. The smallest absolute Gasteiger partial charge is 0.224 e. The Balaban J connectivity index is 2.58. The molecule has 1 aromatic carbocycles. The van der Waals surface area contributed by atoms with Crippen LogP contribution in [-0.4, -0.2) is 16.4 Å². The normalized spacial score (nSPS) is 12.5. The lowest BCUT2D eigenvalue weighted by molar-refractivity contribution is -0.121. The summed E-state index contributed by atoms with van der Waals surface area (Å²) in [6.45, 7) is 6.32. The van der Waals surface area contributed by atoms with Crippen molar-refractivity contribution in [3.05, 3.63) is 35.4 Å². The number of halogens is 1. The summed E-state index contributed by atoms with van der Waals surface area (Å²) in [5.74, 6) is 0.599. The van der Waals surface area contributed by atoms with Gasteiger partial charge in [0, 0.05) is 10.5 Å². The van der Waals surface area contributed by atoms with E-state index in [0.717, 1.165) is 9.99 Å². The van der Waals surface area contributed by atoms with Crippen molar-refractivity contribution < 1.29 is 4.79 Å². The number of benzene rings is 1. The fourth-order valence-corrected chi connectivity index (χ4v) is 2.86. The summed E-state index contributed by atoms with van der Waals surface area (Å²) in [5.41, 5.74) is 2.29. The number of hydrogen-bond donors (Lipinski definition) is 1. The second-order valence-electron chi connectivity index (χ2n) is 4.68. The van der Waals surface area contributed by atoms with Crippen molar-refractivity contribution in [2.24, 2.45) is 5.92 Å². The van der Waals surface area contributed by atoms with E-state index < -0.39 is 0 Å². The number of carbonyl (C=O) groups excluding carboxylic acids is 1. The van der Waals surface area contributed by atoms with Gasteiger partial charge in [0.15, 0.2) is 0 Å². The first-order valence-corrected chi connectivity index (χ1v) is 7.47. The van der Waals surface area contributed by atoms with Crippen LogP contribution in [0.1, 0.15) is 25.0 Å². The summed E-state index contributed by atoms with van der Waals surface area (Å²) >= 11 is 2.32. The van der Waals surface area contributed by atoms with Crippen LogP contribution in [-0.2, 0) is 11.2 Å². The van der Waals surface area contributed by atoms with E-state index in [0.29, 0.717) is 12.3 Å². The van der Waals surface area contributed by atoms with Crippen LogP contribution in [0.2, 0.25) is 0 Å². The van der Waals surface area contributed by atoms with Gasteiger partial charge >= 0.3 is 0 Å². The first kappa shape index (κ1) is 14.5. The van der Waals surface area contributed by atoms with Crippen LogP contribution in [0, 0.1) is 12.8 Å². The largest absolute Gasteiger partial charge is 0.352 e. The van der Waals surface area contributed by atoms with Crippen molar-refractivity contribution in [3.63, 3.8) is 0 Å². The molecule has 0 bridgehead atoms. The van der Waals surface area contributed by atoms with Crippen LogP contribution < -0.4 is 5.32 Å². The zero-order chi connectivity index (χ0) is 12.8. The Bertz CT molecular complexity index is 376. The van der Waals surface area contributed by atoms with Crippen LogP contribution in [0.5, 0.6) is 0 Å². The average Bonchev–Trinajstić information content (AvgIpc) is 2.28. The minimum Gasteiger partial charge on any atom is -0.352 e. The average molecular weight is 345 g/mol. The minimum atomic E-state index is 0.120. The predicted octanol–water partition coefficient (Wildman–Crippen LogP) is 3.11. The van der Waals surface area contributed by atoms with Gasteiger partial charge in [0.1, 0.15) is 0 Å². The highest BCUT2D eigenvalue weighted by molar-refractivity contribution is 14.1. The molecule has 0 saturated carbocycles. The molecule has 0 saturated heterocycles. The van der Waals surface area contributed by atoms with Gasteiger partial charge in [-0.3, -0.25) is 4.79 Å². The third-order valence-electron chi connectivity index (χ3n) is 2.93. The molecule has 0 aliphatic rings. The second kappa shape index (κ2) is 6.99. The van der Waals surface area contributed by atoms with Crippen molar-refractivity contribution in [2.45, 2.75) is 33.2 Å². The van der Waals surface area contributed by atoms with Gasteiger partial charge in [0.25, 0.3) is 0 Å². The summed E-state index contributed by atoms with van der Waals surface area (Å²) in [7, 11) is 0. The van der Waals surface area contributed by atoms with E-state index in [4.69, 9.17) is 0 Å². The summed E-state index contributed by atoms with van der Waals surface area (Å²) < 4.78 is 0.953. The number of carbonyl (C=O) groups is 1. The standard InChI is InChI=1S/C14H20INO/c1-10(2)13(9-15)16-14(17)8-12-7-5-4-6-11(12)3/h4-7,10,13H,8-9H2,1-3H3,(H,16,17). The van der Waals surface area contributed by atoms with Crippen molar-refractivity contribution in [1.82, 2.24) is 5.32 Å². The monoisotopic (exact) mass is 345 g/mol. The lowest BCUT2D eigenvalue weighted by Gasteiger charge is -2.20. The van der Waals surface area contributed by atoms with E-state index in [9.17, 15) is 4.79 Å². The number of alkyl halides is 1. The zero-order valence-corrected chi connectivity index (χ0v) is 12.8. The SMILES string of the molecule is Cc1ccccc1CC(=O)NC(CI)C(C)C. The van der Waals surface area contributed by atoms with Gasteiger partial charge in [-0.2, -0.15) is 0 Å². The third-order valence-corrected chi connectivity index (χ3v) is 3.88. The molecule has 3 heteroatoms. The number of aryl methyl sites for hydroxylation is 1. The molecule has 0 fully saturated rings. The minimum absolute atomic E-state index is 0.120. The predicted molar refractivity (Wildman–Crippen MR) is 80.5 cm³/mol. The first-order chi connectivity index (χ1) is 8.04. The van der Waals surface area contributed by atoms with Gasteiger partial charge in [0.2, 0.25) is 5.91 Å². The molecule has 0 radical (unpaired) electrons. The third kappa shape index (κ3) is 4.66. The lowest BCUT2D eigenvalue weighted by Crippen LogP contribution is -2.40. The van der Waals surface area contributed by atoms with Crippen LogP contribution in [0.4, 0.5) is 0 Å². The summed E-state index contributed by atoms with van der Waals surface area (Å²) in [6.07, 6.45) is 0.479. The fraction of sp³-hybridized carbons (Fsp3) is 0.500. The van der Waals surface area contributed by atoms with Crippen molar-refractivity contribution in [1.29, 1.82) is 0 Å². The van der Waals surface area contributed by atoms with Crippen LogP contribution in [0.3, 0.4) is 0 Å². The lowest BCUT2D eigenvalue weighted by atomic mass is 10.0. The van der Waals surface area contributed by atoms with E-state index >= 15 is 0 Å². The molecule has 0 aliphatic carbocycles. The van der Waals surface area contributed by atoms with E-state index in [-0.39, 0.29) is 11.9 Å². The van der Waals surface area contributed by atoms with Crippen LogP contribution in [0.25, 0.3) is 0 Å². The molecule has 1 aromatic rings. The van der Waals surface area contributed by atoms with E-state index in [1.54, 1.807) is 0 Å². The second-order valence-corrected chi connectivity index (χ2v) is 5.56. The Morgan fingerprint density at radius 2 is 2.00 bits per heavy atom. The highest BCUT2D eigenvalue weighted by Gasteiger charge is 2.15. The van der Waals surface area contributed by atoms with Gasteiger partial charge < -0.3 is 5.32 Å². The van der Waals surface area contributed by atoms with Gasteiger partial charge in [-0.05, 0) is 24.0 Å². The highest BCUT2D eigenvalue weighted by atomic mass is 127. The van der Waals surface area contributed by atoms with E-state index in [1.165, 1.54) is 5.56 Å². The Hall–Kier alpha value is -0.580. The number of rotatable bonds is 5. The zero-order valence-electron chi connectivity index (χ0n) is 10.7. The maximum atomic E-state index is 11.9. The van der Waals surface area contributed by atoms with Crippen molar-refractivity contribution >= 4 is 28.5 Å². The first-order valence-electron chi connectivity index (χ1n) is 5.94. The van der Waals surface area contributed by atoms with Gasteiger partial charge in [-0.1, -0.05) is 60.7 Å². The fourth-order valence-electron chi connectivity index (χ4n) is 1.62. The Morgan fingerprint density at radius 3 is 2.53 bits per heavy atom.